The minimum absolute atomic E-state index is 0.0124. The summed E-state index contributed by atoms with van der Waals surface area (Å²) < 4.78 is 82.3. The minimum atomic E-state index is -2.34. The fourth-order valence-corrected chi connectivity index (χ4v) is 15.5. The molecule has 5 aromatic rings. The Bertz CT molecular complexity index is 4170. The Morgan fingerprint density at radius 1 is 0.713 bits per heavy atom. The number of rotatable bonds is 38. The van der Waals surface area contributed by atoms with Crippen LogP contribution < -0.4 is 27.8 Å². The van der Waals surface area contributed by atoms with Crippen molar-refractivity contribution in [2.24, 2.45) is 29.4 Å². The van der Waals surface area contributed by atoms with E-state index in [0.29, 0.717) is 202 Å². The highest BCUT2D eigenvalue weighted by Gasteiger charge is 2.49. The lowest BCUT2D eigenvalue weighted by atomic mass is 9.80. The van der Waals surface area contributed by atoms with Crippen molar-refractivity contribution in [1.82, 2.24) is 50.2 Å². The Kier molecular flexibility index (Phi) is 41.0. The van der Waals surface area contributed by atoms with Crippen LogP contribution in [-0.4, -0.2) is 296 Å². The fourth-order valence-electron chi connectivity index (χ4n) is 15.5. The van der Waals surface area contributed by atoms with Crippen LogP contribution in [-0.2, 0) is 93.8 Å². The fraction of sp³-hybridized carbons (Fsp3) is 0.663. The van der Waals surface area contributed by atoms with Gasteiger partial charge in [-0.2, -0.15) is 10.1 Å². The molecule has 1 aliphatic carbocycles. The maximum atomic E-state index is 14.3. The number of nitrogens with two attached hydrogens (primary N) is 3. The number of aromatic nitrogens is 7. The molecule has 36 nitrogen and oxygen atoms in total. The van der Waals surface area contributed by atoms with Crippen molar-refractivity contribution in [3.8, 4) is 11.3 Å². The normalized spacial score (nSPS) is 27.0. The van der Waals surface area contributed by atoms with Gasteiger partial charge in [-0.1, -0.05) is 57.2 Å². The number of carbonyl (C=O) groups excluding carboxylic acids is 5. The third kappa shape index (κ3) is 30.9. The van der Waals surface area contributed by atoms with Crippen molar-refractivity contribution in [2.75, 3.05) is 151 Å². The number of amides is 3. The summed E-state index contributed by atoms with van der Waals surface area (Å²) in [6.07, 6.45) is 13.9. The van der Waals surface area contributed by atoms with Crippen LogP contribution in [0, 0.1) is 23.7 Å². The van der Waals surface area contributed by atoms with E-state index in [1.54, 1.807) is 64.2 Å². The molecule has 3 fully saturated rings. The number of nitrogens with one attached hydrogen (secondary N) is 2. The maximum absolute atomic E-state index is 14.3. The monoisotopic (exact) mass is 1710 g/mol. The summed E-state index contributed by atoms with van der Waals surface area (Å²) in [5.41, 5.74) is 24.1. The summed E-state index contributed by atoms with van der Waals surface area (Å²) in [6, 6.07) is 4.24. The van der Waals surface area contributed by atoms with Crippen molar-refractivity contribution >= 4 is 63.4 Å². The van der Waals surface area contributed by atoms with Gasteiger partial charge in [0.25, 0.3) is 17.7 Å². The zero-order valence-corrected chi connectivity index (χ0v) is 71.6. The van der Waals surface area contributed by atoms with Gasteiger partial charge in [0.2, 0.25) is 11.7 Å². The smallest absolute Gasteiger partial charge is 0.407 e. The molecular weight excluding hydrogens is 1580 g/mol. The second kappa shape index (κ2) is 51.3. The van der Waals surface area contributed by atoms with Crippen molar-refractivity contribution in [3.63, 3.8) is 0 Å². The van der Waals surface area contributed by atoms with Gasteiger partial charge in [0.1, 0.15) is 47.5 Å². The van der Waals surface area contributed by atoms with Crippen molar-refractivity contribution < 1.29 is 110 Å². The van der Waals surface area contributed by atoms with Crippen LogP contribution in [0.2, 0.25) is 0 Å². The van der Waals surface area contributed by atoms with Crippen molar-refractivity contribution in [3.05, 3.63) is 95.9 Å². The molecule has 12 N–H and O–H groups in total. The number of carbonyl (C=O) groups is 5. The van der Waals surface area contributed by atoms with Crippen LogP contribution in [0.5, 0.6) is 0 Å². The molecule has 1 saturated carbocycles. The molecule has 7 heterocycles. The van der Waals surface area contributed by atoms with E-state index in [9.17, 15) is 44.4 Å². The molecule has 1 aromatic carbocycles. The number of benzene rings is 1. The number of alkyl carbamates (subject to hydrolysis) is 1. The first-order valence-corrected chi connectivity index (χ1v) is 42.6. The third-order valence-corrected chi connectivity index (χ3v) is 22.4. The Morgan fingerprint density at radius 3 is 2.04 bits per heavy atom. The molecule has 0 radical (unpaired) electrons. The first-order chi connectivity index (χ1) is 58.9. The molecule has 3 amide bonds. The number of hydrogen-bond acceptors (Lipinski definition) is 32. The van der Waals surface area contributed by atoms with Crippen molar-refractivity contribution in [1.29, 1.82) is 0 Å². The summed E-state index contributed by atoms with van der Waals surface area (Å²) in [6.45, 7) is 15.5. The second-order valence-corrected chi connectivity index (χ2v) is 31.7. The largest absolute Gasteiger partial charge is 0.443 e. The van der Waals surface area contributed by atoms with E-state index >= 15 is 0 Å². The number of ether oxygens (including phenoxy) is 13. The second-order valence-electron chi connectivity index (χ2n) is 31.7. The van der Waals surface area contributed by atoms with Crippen LogP contribution in [0.4, 0.5) is 16.6 Å². The molecule has 2 saturated heterocycles. The summed E-state index contributed by atoms with van der Waals surface area (Å²) in [7, 11) is 3.14. The van der Waals surface area contributed by atoms with Gasteiger partial charge in [0.15, 0.2) is 17.0 Å². The number of oxazole rings is 1. The van der Waals surface area contributed by atoms with Crippen LogP contribution in [0.25, 0.3) is 33.4 Å². The highest BCUT2D eigenvalue weighted by Crippen LogP contribution is 2.37. The molecular formula is C86H129N13O23. The van der Waals surface area contributed by atoms with Gasteiger partial charge in [0, 0.05) is 94.4 Å². The maximum Gasteiger partial charge on any atom is 0.407 e. The molecule has 0 unspecified atom stereocenters. The van der Waals surface area contributed by atoms with Gasteiger partial charge >= 0.3 is 6.09 Å². The standard InChI is InChI=1S/C86H129N13O23/c1-55-14-9-8-10-15-56(2)70(109-6)47-64-17-13-23-86(108,122-64)80(105)83(106)98-25-12-11-16-63(98)53-119-71(48-67(100)57(3)43-59(5)78(103)79(104)77(102)58(4)42-55)65(87)44-60-18-20-69(72(45-60)110-7)121-85(107)90-24-27-112-29-31-114-33-35-116-37-39-118-41-40-117-38-36-115-34-32-113-30-28-111-26-22-74(101)93-51-73-91-49-61(50-92-73)52-99-82-75(81(88)94-54-95-82)76(97-99)62-19-21-68-66(46-62)96-84(89)120-68/h8-10,14-15,19,21,43,46,49-50,54-55,57-58,60,63-65,67,69-72,78-79,100,103-104,108H,11-13,16-18,20,22-42,44-45,47-48,51-53,87H2,1-7H3,(H2,89,96)(H,90,107)(H,93,101)(H2,88,94,95)/b10-8+,14-9+,56-15+,59-43+/t55-,57-,58-,60+,63+,64+,65-,67-,69-,70+,71+,72-,78-,79+,86-/m1/s1. The number of aliphatic hydroxyl groups is 4. The predicted octanol–water partition coefficient (Wildman–Crippen LogP) is 5.76. The minimum Gasteiger partial charge on any atom is -0.443 e. The van der Waals surface area contributed by atoms with E-state index in [1.807, 2.05) is 56.4 Å². The SMILES string of the molecule is CO[C@H]1C[C@@H]2CCC[C@@](O)(O2)C(=O)C(=O)N2CCCC[C@H]2CO[C@H]([C@H](N)C[C@@H]2CC[C@@H](OC(=O)NCCOCCOCCOCCOCCOCCOCCOCCOCCC(=O)NCc3ncc(Cn4nc(-c5ccc6oc(N)nc6c5)c5c(N)ncnc54)cn3)[C@H](OC)C2)C[C@@H](O)[C@H](C)/C=C(\C)[C@@H](O)[C@@H](O)C(=O)[C@H](C)C[C@H](C)/C=C/C=C/C=C/1C. The highest BCUT2D eigenvalue weighted by atomic mass is 16.6. The Labute approximate surface area is 713 Å². The Hall–Kier alpha value is -8.25. The third-order valence-electron chi connectivity index (χ3n) is 22.4. The molecule has 3 aliphatic heterocycles. The molecule has 36 heteroatoms. The molecule has 4 aliphatic rings. The molecule has 122 heavy (non-hydrogen) atoms. The predicted molar refractivity (Wildman–Crippen MR) is 449 cm³/mol. The van der Waals surface area contributed by atoms with Crippen LogP contribution in [0.3, 0.4) is 0 Å². The molecule has 676 valence electrons. The van der Waals surface area contributed by atoms with E-state index in [1.165, 1.54) is 11.2 Å². The number of ketones is 2. The van der Waals surface area contributed by atoms with Gasteiger partial charge in [0.05, 0.1) is 167 Å². The summed E-state index contributed by atoms with van der Waals surface area (Å²) in [5.74, 6) is -5.47. The number of Topliss-reactive ketones (excluding diaryl/α,β-unsaturated/α-hetero) is 2. The van der Waals surface area contributed by atoms with Gasteiger partial charge in [-0.3, -0.25) is 19.2 Å². The lowest BCUT2D eigenvalue weighted by Crippen LogP contribution is -2.57. The van der Waals surface area contributed by atoms with Crippen LogP contribution >= 0.6 is 0 Å². The number of nitrogen functional groups attached to an aromatic ring is 2. The first-order valence-electron chi connectivity index (χ1n) is 42.6. The molecule has 2 bridgehead atoms. The zero-order valence-electron chi connectivity index (χ0n) is 71.6. The lowest BCUT2D eigenvalue weighted by molar-refractivity contribution is -0.245. The topological polar surface area (TPSA) is 487 Å². The van der Waals surface area contributed by atoms with E-state index in [4.69, 9.17) is 88.3 Å². The molecule has 4 aromatic heterocycles. The van der Waals surface area contributed by atoms with Gasteiger partial charge in [-0.15, -0.1) is 0 Å². The molecule has 9 rings (SSSR count). The van der Waals surface area contributed by atoms with E-state index in [2.05, 4.69) is 35.6 Å². The Balaban J connectivity index is 0.580. The van der Waals surface area contributed by atoms with E-state index in [-0.39, 0.29) is 88.3 Å². The molecule has 15 atom stereocenters. The highest BCUT2D eigenvalue weighted by molar-refractivity contribution is 6.38. The summed E-state index contributed by atoms with van der Waals surface area (Å²) >= 11 is 0. The zero-order chi connectivity index (χ0) is 87.3. The number of aliphatic hydroxyl groups excluding tert-OH is 3. The number of allylic oxidation sites excluding steroid dienone is 5. The number of hydrogen-bond donors (Lipinski definition) is 9. The summed E-state index contributed by atoms with van der Waals surface area (Å²) in [4.78, 5) is 90.8. The average molecular weight is 1710 g/mol. The summed E-state index contributed by atoms with van der Waals surface area (Å²) in [5, 5.41) is 57.3. The van der Waals surface area contributed by atoms with Gasteiger partial charge in [-0.05, 0) is 119 Å². The number of nitrogens with zero attached hydrogens (tertiary/aromatic N) is 8. The Morgan fingerprint density at radius 2 is 1.38 bits per heavy atom. The number of methoxy groups -OCH3 is 2. The van der Waals surface area contributed by atoms with Crippen molar-refractivity contribution in [2.45, 2.75) is 204 Å². The number of fused-ring (bicyclic) bond motifs is 5. The van der Waals surface area contributed by atoms with Gasteiger partial charge < -0.3 is 119 Å². The number of anilines is 2. The first kappa shape index (κ1) is 97.6. The number of piperidine rings is 1. The van der Waals surface area contributed by atoms with Gasteiger partial charge in [-0.25, -0.2) is 29.4 Å². The lowest BCUT2D eigenvalue weighted by Gasteiger charge is -2.41. The van der Waals surface area contributed by atoms with Crippen LogP contribution in [0.15, 0.2) is 88.9 Å². The van der Waals surface area contributed by atoms with Crippen LogP contribution in [0.1, 0.15) is 136 Å². The van der Waals surface area contributed by atoms with E-state index < -0.39 is 102 Å². The molecule has 0 spiro atoms. The quantitative estimate of drug-likeness (QED) is 0.0129. The van der Waals surface area contributed by atoms with E-state index in [0.717, 1.165) is 23.1 Å². The average Bonchev–Trinajstić information content (AvgIpc) is 1.60.